The van der Waals surface area contributed by atoms with Gasteiger partial charge in [0.15, 0.2) is 5.65 Å². The number of aromatic nitrogens is 4. The minimum Gasteiger partial charge on any atom is -0.383 e. The van der Waals surface area contributed by atoms with E-state index in [9.17, 15) is 4.39 Å². The van der Waals surface area contributed by atoms with Crippen molar-refractivity contribution in [2.45, 2.75) is 26.8 Å². The number of H-pyrrole nitrogens is 1. The Hall–Kier alpha value is -2.37. The van der Waals surface area contributed by atoms with Crippen LogP contribution in [-0.4, -0.2) is 20.0 Å². The summed E-state index contributed by atoms with van der Waals surface area (Å²) in [5.74, 6) is 0.788. The normalized spacial score (nSPS) is 11.6. The van der Waals surface area contributed by atoms with Crippen LogP contribution in [0.25, 0.3) is 11.0 Å². The molecule has 1 aromatic carbocycles. The Morgan fingerprint density at radius 1 is 1.29 bits per heavy atom. The molecule has 0 spiro atoms. The minimum atomic E-state index is -0.242. The molecule has 6 heteroatoms. The quantitative estimate of drug-likeness (QED) is 0.775. The summed E-state index contributed by atoms with van der Waals surface area (Å²) >= 11 is 0. The van der Waals surface area contributed by atoms with Crippen molar-refractivity contribution >= 4 is 16.9 Å². The van der Waals surface area contributed by atoms with E-state index in [1.54, 1.807) is 12.1 Å². The Bertz CT molecular complexity index is 754. The van der Waals surface area contributed by atoms with Crippen LogP contribution in [0.1, 0.15) is 25.1 Å². The zero-order valence-corrected chi connectivity index (χ0v) is 12.1. The van der Waals surface area contributed by atoms with Crippen molar-refractivity contribution in [2.75, 3.05) is 5.73 Å². The second-order valence-electron chi connectivity index (χ2n) is 5.66. The molecule has 0 radical (unpaired) electrons. The average molecular weight is 287 g/mol. The van der Waals surface area contributed by atoms with Crippen LogP contribution in [0.3, 0.4) is 0 Å². The molecule has 0 unspecified atom stereocenters. The lowest BCUT2D eigenvalue weighted by Crippen LogP contribution is -2.04. The molecule has 2 aromatic heterocycles. The molecule has 0 saturated carbocycles. The van der Waals surface area contributed by atoms with Crippen molar-refractivity contribution in [3.8, 4) is 0 Å². The Morgan fingerprint density at radius 2 is 2.00 bits per heavy atom. The van der Waals surface area contributed by atoms with E-state index in [1.807, 2.05) is 4.68 Å². The second-order valence-corrected chi connectivity index (χ2v) is 5.66. The smallest absolute Gasteiger partial charge is 0.182 e. The van der Waals surface area contributed by atoms with Crippen LogP contribution in [-0.2, 0) is 13.0 Å². The molecule has 0 aliphatic heterocycles. The van der Waals surface area contributed by atoms with E-state index in [0.717, 1.165) is 28.7 Å². The number of halogens is 1. The van der Waals surface area contributed by atoms with Crippen molar-refractivity contribution in [1.82, 2.24) is 20.0 Å². The number of nitrogens with zero attached hydrogens (tertiary/aromatic N) is 3. The van der Waals surface area contributed by atoms with Crippen LogP contribution in [0, 0.1) is 11.7 Å². The topological polar surface area (TPSA) is 72.5 Å². The first-order valence-corrected chi connectivity index (χ1v) is 6.98. The molecule has 110 valence electrons. The van der Waals surface area contributed by atoms with Gasteiger partial charge in [-0.2, -0.15) is 10.2 Å². The number of rotatable bonds is 4. The Balaban J connectivity index is 2.00. The van der Waals surface area contributed by atoms with E-state index in [4.69, 9.17) is 5.73 Å². The van der Waals surface area contributed by atoms with Gasteiger partial charge in [-0.05, 0) is 30.0 Å². The molecule has 3 N–H and O–H groups in total. The number of nitrogen functional groups attached to an aromatic ring is 1. The summed E-state index contributed by atoms with van der Waals surface area (Å²) in [6.45, 7) is 4.82. The number of nitrogens with one attached hydrogen (secondary N) is 1. The third-order valence-corrected chi connectivity index (χ3v) is 3.40. The predicted octanol–water partition coefficient (Wildman–Crippen LogP) is 2.73. The zero-order valence-electron chi connectivity index (χ0n) is 12.1. The first-order chi connectivity index (χ1) is 10.0. The van der Waals surface area contributed by atoms with Crippen LogP contribution < -0.4 is 5.73 Å². The van der Waals surface area contributed by atoms with Gasteiger partial charge in [0.1, 0.15) is 11.6 Å². The summed E-state index contributed by atoms with van der Waals surface area (Å²) in [6, 6.07) is 6.40. The first-order valence-electron chi connectivity index (χ1n) is 6.98. The lowest BCUT2D eigenvalue weighted by atomic mass is 10.1. The summed E-state index contributed by atoms with van der Waals surface area (Å²) < 4.78 is 14.8. The number of anilines is 1. The molecule has 2 heterocycles. The van der Waals surface area contributed by atoms with Gasteiger partial charge < -0.3 is 5.73 Å². The largest absolute Gasteiger partial charge is 0.383 e. The standard InChI is InChI=1S/C15H18FN5/c1-9(2)7-12-13-14(17)18-19-15(13)21(20-12)8-10-3-5-11(16)6-4-10/h3-6,9H,7-8H2,1-2H3,(H3,17,18,19). The third-order valence-electron chi connectivity index (χ3n) is 3.40. The Kier molecular flexibility index (Phi) is 3.37. The van der Waals surface area contributed by atoms with E-state index in [2.05, 4.69) is 29.1 Å². The van der Waals surface area contributed by atoms with Gasteiger partial charge in [-0.25, -0.2) is 9.07 Å². The lowest BCUT2D eigenvalue weighted by molar-refractivity contribution is 0.609. The number of hydrogen-bond acceptors (Lipinski definition) is 3. The van der Waals surface area contributed by atoms with Gasteiger partial charge in [0, 0.05) is 0 Å². The molecule has 5 nitrogen and oxygen atoms in total. The van der Waals surface area contributed by atoms with Gasteiger partial charge >= 0.3 is 0 Å². The number of nitrogens with two attached hydrogens (primary N) is 1. The molecule has 0 aliphatic carbocycles. The van der Waals surface area contributed by atoms with Gasteiger partial charge in [-0.3, -0.25) is 5.10 Å². The summed E-state index contributed by atoms with van der Waals surface area (Å²) in [5, 5.41) is 12.6. The van der Waals surface area contributed by atoms with E-state index in [-0.39, 0.29) is 5.82 Å². The van der Waals surface area contributed by atoms with Gasteiger partial charge in [-0.1, -0.05) is 26.0 Å². The fraction of sp³-hybridized carbons (Fsp3) is 0.333. The lowest BCUT2D eigenvalue weighted by Gasteiger charge is -2.03. The highest BCUT2D eigenvalue weighted by Crippen LogP contribution is 2.25. The van der Waals surface area contributed by atoms with Gasteiger partial charge in [-0.15, -0.1) is 0 Å². The highest BCUT2D eigenvalue weighted by atomic mass is 19.1. The van der Waals surface area contributed by atoms with E-state index < -0.39 is 0 Å². The summed E-state index contributed by atoms with van der Waals surface area (Å²) in [6.07, 6.45) is 0.844. The Morgan fingerprint density at radius 3 is 2.67 bits per heavy atom. The molecular weight excluding hydrogens is 269 g/mol. The number of aromatic amines is 1. The van der Waals surface area contributed by atoms with Crippen molar-refractivity contribution in [1.29, 1.82) is 0 Å². The summed E-state index contributed by atoms with van der Waals surface area (Å²) in [5.41, 5.74) is 8.62. The van der Waals surface area contributed by atoms with Gasteiger partial charge in [0.05, 0.1) is 17.6 Å². The molecule has 0 amide bonds. The Labute approximate surface area is 122 Å². The molecular formula is C15H18FN5. The maximum Gasteiger partial charge on any atom is 0.182 e. The molecule has 21 heavy (non-hydrogen) atoms. The predicted molar refractivity (Wildman–Crippen MR) is 80.3 cm³/mol. The first kappa shape index (κ1) is 13.6. The fourth-order valence-corrected chi connectivity index (χ4v) is 2.46. The number of hydrogen-bond donors (Lipinski definition) is 2. The molecule has 0 aliphatic rings. The van der Waals surface area contributed by atoms with E-state index in [0.29, 0.717) is 18.3 Å². The zero-order chi connectivity index (χ0) is 15.0. The van der Waals surface area contributed by atoms with E-state index in [1.165, 1.54) is 12.1 Å². The van der Waals surface area contributed by atoms with Crippen molar-refractivity contribution in [3.63, 3.8) is 0 Å². The number of benzene rings is 1. The van der Waals surface area contributed by atoms with Crippen molar-refractivity contribution < 1.29 is 4.39 Å². The van der Waals surface area contributed by atoms with Crippen LogP contribution in [0.2, 0.25) is 0 Å². The monoisotopic (exact) mass is 287 g/mol. The third kappa shape index (κ3) is 2.61. The SMILES string of the molecule is CC(C)Cc1nn(Cc2ccc(F)cc2)c2n[nH]c(N)c12. The van der Waals surface area contributed by atoms with Crippen molar-refractivity contribution in [2.24, 2.45) is 5.92 Å². The van der Waals surface area contributed by atoms with Crippen LogP contribution in [0.15, 0.2) is 24.3 Å². The second kappa shape index (κ2) is 5.20. The van der Waals surface area contributed by atoms with Gasteiger partial charge in [0.25, 0.3) is 0 Å². The summed E-state index contributed by atoms with van der Waals surface area (Å²) in [4.78, 5) is 0. The molecule has 0 bridgehead atoms. The highest BCUT2D eigenvalue weighted by Gasteiger charge is 2.17. The van der Waals surface area contributed by atoms with Gasteiger partial charge in [0.2, 0.25) is 0 Å². The highest BCUT2D eigenvalue weighted by molar-refractivity contribution is 5.89. The molecule has 3 rings (SSSR count). The van der Waals surface area contributed by atoms with Crippen LogP contribution in [0.4, 0.5) is 10.2 Å². The average Bonchev–Trinajstić information content (AvgIpc) is 2.95. The fourth-order valence-electron chi connectivity index (χ4n) is 2.46. The van der Waals surface area contributed by atoms with Crippen LogP contribution >= 0.6 is 0 Å². The molecule has 0 atom stereocenters. The molecule has 0 fully saturated rings. The molecule has 3 aromatic rings. The summed E-state index contributed by atoms with van der Waals surface area (Å²) in [7, 11) is 0. The van der Waals surface area contributed by atoms with Crippen molar-refractivity contribution in [3.05, 3.63) is 41.3 Å². The van der Waals surface area contributed by atoms with E-state index >= 15 is 0 Å². The maximum atomic E-state index is 13.0. The van der Waals surface area contributed by atoms with Crippen LogP contribution in [0.5, 0.6) is 0 Å². The number of fused-ring (bicyclic) bond motifs is 1. The maximum absolute atomic E-state index is 13.0. The molecule has 0 saturated heterocycles. The minimum absolute atomic E-state index is 0.242.